The minimum Gasteiger partial charge on any atom is -0.359 e. The summed E-state index contributed by atoms with van der Waals surface area (Å²) >= 11 is 6.49. The molecule has 1 aliphatic carbocycles. The fourth-order valence-corrected chi connectivity index (χ4v) is 5.56. The van der Waals surface area contributed by atoms with Gasteiger partial charge in [-0.15, -0.1) is 0 Å². The predicted molar refractivity (Wildman–Crippen MR) is 157 cm³/mol. The van der Waals surface area contributed by atoms with Crippen LogP contribution in [0.2, 0.25) is 5.02 Å². The molecular weight excluding hydrogens is 495 g/mol. The van der Waals surface area contributed by atoms with Crippen molar-refractivity contribution in [2.75, 3.05) is 17.2 Å². The molecule has 0 bridgehead atoms. The van der Waals surface area contributed by atoms with Gasteiger partial charge in [-0.3, -0.25) is 4.99 Å². The zero-order chi connectivity index (χ0) is 27.6. The SMILES string of the molecule is C=C(Nc1ccc(/C=N/CC#N)cc1F)c1cc(NC(=C)C2C(c3cc(C)cc(C)c3)C2(C)C)ccc1Cl. The van der Waals surface area contributed by atoms with Crippen LogP contribution < -0.4 is 10.6 Å². The molecule has 6 heteroatoms. The van der Waals surface area contributed by atoms with E-state index in [4.69, 9.17) is 16.9 Å². The number of aliphatic imine (C=N–C) groups is 1. The van der Waals surface area contributed by atoms with E-state index in [0.29, 0.717) is 27.8 Å². The zero-order valence-electron chi connectivity index (χ0n) is 22.2. The molecule has 0 saturated heterocycles. The maximum atomic E-state index is 14.7. The number of nitriles is 1. The molecule has 0 heterocycles. The van der Waals surface area contributed by atoms with Gasteiger partial charge in [0.2, 0.25) is 0 Å². The Bertz CT molecular complexity index is 1460. The van der Waals surface area contributed by atoms with Gasteiger partial charge in [-0.05, 0) is 66.6 Å². The lowest BCUT2D eigenvalue weighted by Crippen LogP contribution is -2.05. The normalized spacial score (nSPS) is 17.6. The van der Waals surface area contributed by atoms with E-state index in [1.807, 2.05) is 18.2 Å². The van der Waals surface area contributed by atoms with Crippen molar-refractivity contribution >= 4 is 34.9 Å². The van der Waals surface area contributed by atoms with Crippen LogP contribution in [-0.2, 0) is 0 Å². The van der Waals surface area contributed by atoms with Crippen LogP contribution in [-0.4, -0.2) is 12.8 Å². The van der Waals surface area contributed by atoms with Gasteiger partial charge in [0.05, 0.1) is 16.8 Å². The van der Waals surface area contributed by atoms with Gasteiger partial charge in [0.15, 0.2) is 0 Å². The highest BCUT2D eigenvalue weighted by Crippen LogP contribution is 2.67. The molecule has 194 valence electrons. The van der Waals surface area contributed by atoms with Crippen LogP contribution in [0.5, 0.6) is 0 Å². The first-order chi connectivity index (χ1) is 18.0. The molecule has 4 nitrogen and oxygen atoms in total. The summed E-state index contributed by atoms with van der Waals surface area (Å²) in [7, 11) is 0. The lowest BCUT2D eigenvalue weighted by Gasteiger charge is -2.16. The Labute approximate surface area is 229 Å². The van der Waals surface area contributed by atoms with Crippen molar-refractivity contribution in [1.29, 1.82) is 5.26 Å². The Morgan fingerprint density at radius 2 is 1.79 bits per heavy atom. The second-order valence-electron chi connectivity index (χ2n) is 10.5. The summed E-state index contributed by atoms with van der Waals surface area (Å²) in [6.07, 6.45) is 1.47. The Balaban J connectivity index is 1.48. The maximum absolute atomic E-state index is 14.7. The second-order valence-corrected chi connectivity index (χ2v) is 10.9. The van der Waals surface area contributed by atoms with E-state index in [9.17, 15) is 4.39 Å². The first kappa shape index (κ1) is 27.2. The first-order valence-corrected chi connectivity index (χ1v) is 12.8. The molecule has 2 N–H and O–H groups in total. The van der Waals surface area contributed by atoms with E-state index in [0.717, 1.165) is 11.4 Å². The Morgan fingerprint density at radius 1 is 1.08 bits per heavy atom. The number of allylic oxidation sites excluding steroid dienone is 1. The van der Waals surface area contributed by atoms with E-state index >= 15 is 0 Å². The lowest BCUT2D eigenvalue weighted by molar-refractivity contribution is 0.585. The van der Waals surface area contributed by atoms with Gasteiger partial charge in [0.1, 0.15) is 12.4 Å². The van der Waals surface area contributed by atoms with Gasteiger partial charge in [-0.25, -0.2) is 4.39 Å². The number of rotatable bonds is 9. The average Bonchev–Trinajstić information content (AvgIpc) is 3.43. The number of aryl methyl sites for hydroxylation is 2. The standard InChI is InChI=1S/C32H32ClFN4/c1-19-13-20(2)15-24(14-19)31-30(32(31,5)6)22(4)37-25-8-9-27(33)26(17-25)21(3)38-29-10-7-23(16-28(29)34)18-36-12-11-35/h7-10,13-18,30-31,37-38H,3-4,12H2,1-2,5-6H3/b36-18+. The highest BCUT2D eigenvalue weighted by molar-refractivity contribution is 6.32. The third-order valence-electron chi connectivity index (χ3n) is 7.08. The number of hydrogen-bond donors (Lipinski definition) is 2. The van der Waals surface area contributed by atoms with Crippen LogP contribution in [0, 0.1) is 42.3 Å². The average molecular weight is 527 g/mol. The molecular formula is C32H32ClFN4. The number of benzene rings is 3. The van der Waals surface area contributed by atoms with Gasteiger partial charge >= 0.3 is 0 Å². The number of nitrogens with zero attached hydrogens (tertiary/aromatic N) is 2. The van der Waals surface area contributed by atoms with Gasteiger partial charge in [-0.2, -0.15) is 5.26 Å². The van der Waals surface area contributed by atoms with E-state index in [1.54, 1.807) is 18.2 Å². The number of anilines is 2. The van der Waals surface area contributed by atoms with Crippen molar-refractivity contribution in [1.82, 2.24) is 0 Å². The predicted octanol–water partition coefficient (Wildman–Crippen LogP) is 8.49. The summed E-state index contributed by atoms with van der Waals surface area (Å²) in [5.74, 6) is 0.216. The molecule has 2 unspecified atom stereocenters. The maximum Gasteiger partial charge on any atom is 0.147 e. The summed E-state index contributed by atoms with van der Waals surface area (Å²) in [6.45, 7) is 17.3. The van der Waals surface area contributed by atoms with E-state index < -0.39 is 5.82 Å². The van der Waals surface area contributed by atoms with Crippen molar-refractivity contribution in [3.63, 3.8) is 0 Å². The van der Waals surface area contributed by atoms with Gasteiger partial charge < -0.3 is 10.6 Å². The summed E-state index contributed by atoms with van der Waals surface area (Å²) in [5, 5.41) is 15.6. The van der Waals surface area contributed by atoms with Crippen LogP contribution >= 0.6 is 11.6 Å². The molecule has 1 aliphatic rings. The summed E-state index contributed by atoms with van der Waals surface area (Å²) in [4.78, 5) is 3.92. The smallest absolute Gasteiger partial charge is 0.147 e. The lowest BCUT2D eigenvalue weighted by atomic mass is 9.99. The monoisotopic (exact) mass is 526 g/mol. The third kappa shape index (κ3) is 5.82. The van der Waals surface area contributed by atoms with Crippen molar-refractivity contribution in [3.8, 4) is 6.07 Å². The molecule has 1 fully saturated rings. The van der Waals surface area contributed by atoms with E-state index in [-0.39, 0.29) is 23.6 Å². The Hall–Kier alpha value is -3.88. The van der Waals surface area contributed by atoms with Crippen molar-refractivity contribution in [3.05, 3.63) is 112 Å². The molecule has 4 rings (SSSR count). The van der Waals surface area contributed by atoms with Crippen LogP contribution in [0.1, 0.15) is 47.6 Å². The van der Waals surface area contributed by atoms with E-state index in [1.165, 1.54) is 29.0 Å². The molecule has 1 saturated carbocycles. The topological polar surface area (TPSA) is 60.2 Å². The fourth-order valence-electron chi connectivity index (χ4n) is 5.33. The largest absolute Gasteiger partial charge is 0.359 e. The Kier molecular flexibility index (Phi) is 7.76. The molecule has 0 amide bonds. The molecule has 38 heavy (non-hydrogen) atoms. The highest BCUT2D eigenvalue weighted by atomic mass is 35.5. The van der Waals surface area contributed by atoms with Crippen molar-refractivity contribution < 1.29 is 4.39 Å². The van der Waals surface area contributed by atoms with Crippen LogP contribution in [0.15, 0.2) is 78.4 Å². The molecule has 3 aromatic rings. The van der Waals surface area contributed by atoms with Gasteiger partial charge in [0, 0.05) is 34.8 Å². The molecule has 2 atom stereocenters. The van der Waals surface area contributed by atoms with Crippen LogP contribution in [0.4, 0.5) is 15.8 Å². The second kappa shape index (κ2) is 10.8. The first-order valence-electron chi connectivity index (χ1n) is 12.5. The molecule has 0 aromatic heterocycles. The van der Waals surface area contributed by atoms with Gasteiger partial charge in [0.25, 0.3) is 0 Å². The summed E-state index contributed by atoms with van der Waals surface area (Å²) < 4.78 is 14.7. The van der Waals surface area contributed by atoms with Crippen molar-refractivity contribution in [2.45, 2.75) is 33.6 Å². The van der Waals surface area contributed by atoms with E-state index in [2.05, 4.69) is 74.7 Å². The minimum absolute atomic E-state index is 0.0260. The number of nitrogens with one attached hydrogen (secondary N) is 2. The highest BCUT2D eigenvalue weighted by Gasteiger charge is 2.59. The van der Waals surface area contributed by atoms with Crippen LogP contribution in [0.25, 0.3) is 5.70 Å². The molecule has 0 radical (unpaired) electrons. The molecule has 0 aliphatic heterocycles. The third-order valence-corrected chi connectivity index (χ3v) is 7.41. The minimum atomic E-state index is -0.459. The van der Waals surface area contributed by atoms with Crippen molar-refractivity contribution in [2.24, 2.45) is 16.3 Å². The van der Waals surface area contributed by atoms with Crippen LogP contribution in [0.3, 0.4) is 0 Å². The summed E-state index contributed by atoms with van der Waals surface area (Å²) in [6, 6.07) is 18.9. The Morgan fingerprint density at radius 3 is 2.45 bits per heavy atom. The number of halogens is 2. The van der Waals surface area contributed by atoms with Gasteiger partial charge in [-0.1, -0.05) is 74.0 Å². The zero-order valence-corrected chi connectivity index (χ0v) is 23.0. The fraction of sp³-hybridized carbons (Fsp3) is 0.250. The number of hydrogen-bond acceptors (Lipinski definition) is 4. The quantitative estimate of drug-likeness (QED) is 0.217. The molecule has 3 aromatic carbocycles. The summed E-state index contributed by atoms with van der Waals surface area (Å²) in [5.41, 5.74) is 7.72. The molecule has 0 spiro atoms.